The Hall–Kier alpha value is -3.02. The maximum atomic E-state index is 13.3. The van der Waals surface area contributed by atoms with Gasteiger partial charge < -0.3 is 19.7 Å². The number of carbonyl (C=O) groups is 2. The Morgan fingerprint density at radius 3 is 2.47 bits per heavy atom. The van der Waals surface area contributed by atoms with E-state index in [9.17, 15) is 9.59 Å². The van der Waals surface area contributed by atoms with Crippen LogP contribution in [0.5, 0.6) is 11.5 Å². The zero-order chi connectivity index (χ0) is 22.9. The third-order valence-corrected chi connectivity index (χ3v) is 5.94. The van der Waals surface area contributed by atoms with Crippen LogP contribution in [-0.2, 0) is 16.1 Å². The molecule has 1 aliphatic rings. The van der Waals surface area contributed by atoms with E-state index in [1.54, 1.807) is 24.1 Å². The second-order valence-corrected chi connectivity index (χ2v) is 8.36. The molecule has 32 heavy (non-hydrogen) atoms. The van der Waals surface area contributed by atoms with E-state index >= 15 is 0 Å². The molecule has 0 radical (unpaired) electrons. The van der Waals surface area contributed by atoms with E-state index in [-0.39, 0.29) is 24.5 Å². The molecular formula is C26H34N2O4. The van der Waals surface area contributed by atoms with Crippen LogP contribution in [0.4, 0.5) is 0 Å². The van der Waals surface area contributed by atoms with Crippen LogP contribution in [0.1, 0.15) is 50.2 Å². The Morgan fingerprint density at radius 2 is 1.81 bits per heavy atom. The summed E-state index contributed by atoms with van der Waals surface area (Å²) in [5, 5.41) is 3.16. The molecule has 3 rings (SSSR count). The van der Waals surface area contributed by atoms with Crippen LogP contribution in [0.15, 0.2) is 48.5 Å². The largest absolute Gasteiger partial charge is 0.493 e. The lowest BCUT2D eigenvalue weighted by atomic mass is 10.1. The predicted octanol–water partition coefficient (Wildman–Crippen LogP) is 4.25. The molecule has 2 amide bonds. The molecule has 1 atom stereocenters. The van der Waals surface area contributed by atoms with Crippen molar-refractivity contribution < 1.29 is 19.1 Å². The van der Waals surface area contributed by atoms with Gasteiger partial charge in [-0.05, 0) is 43.9 Å². The first-order chi connectivity index (χ1) is 15.5. The van der Waals surface area contributed by atoms with Crippen molar-refractivity contribution in [3.8, 4) is 11.5 Å². The van der Waals surface area contributed by atoms with Gasteiger partial charge in [0.05, 0.1) is 7.11 Å². The Balaban J connectivity index is 1.77. The fourth-order valence-electron chi connectivity index (χ4n) is 4.25. The maximum Gasteiger partial charge on any atom is 0.261 e. The topological polar surface area (TPSA) is 67.9 Å². The van der Waals surface area contributed by atoms with Crippen molar-refractivity contribution in [1.82, 2.24) is 10.2 Å². The zero-order valence-electron chi connectivity index (χ0n) is 19.3. The summed E-state index contributed by atoms with van der Waals surface area (Å²) < 4.78 is 11.1. The van der Waals surface area contributed by atoms with Gasteiger partial charge in [-0.3, -0.25) is 9.59 Å². The van der Waals surface area contributed by atoms with Crippen LogP contribution in [0.2, 0.25) is 0 Å². The Labute approximate surface area is 190 Å². The number of amides is 2. The number of hydrogen-bond donors (Lipinski definition) is 1. The lowest BCUT2D eigenvalue weighted by Gasteiger charge is -2.31. The van der Waals surface area contributed by atoms with Crippen LogP contribution in [0, 0.1) is 6.92 Å². The number of para-hydroxylation sites is 2. The lowest BCUT2D eigenvalue weighted by molar-refractivity contribution is -0.143. The molecule has 6 heteroatoms. The Kier molecular flexibility index (Phi) is 8.54. The minimum Gasteiger partial charge on any atom is -0.493 e. The van der Waals surface area contributed by atoms with E-state index in [0.29, 0.717) is 24.5 Å². The molecule has 0 heterocycles. The van der Waals surface area contributed by atoms with Gasteiger partial charge in [-0.25, -0.2) is 0 Å². The lowest BCUT2D eigenvalue weighted by Crippen LogP contribution is -2.52. The standard InChI is InChI=1S/C26H34N2O4/c1-4-22(26(30)27-21-12-5-6-13-21)28(17-20-11-9-10-19(2)16-20)25(29)18-32-24-15-8-7-14-23(24)31-3/h7-11,14-16,21-22H,4-6,12-13,17-18H2,1-3H3,(H,27,30)/t22-/m1/s1. The van der Waals surface area contributed by atoms with Crippen molar-refractivity contribution in [1.29, 1.82) is 0 Å². The molecule has 1 fully saturated rings. The van der Waals surface area contributed by atoms with Crippen molar-refractivity contribution in [2.45, 2.75) is 64.6 Å². The summed E-state index contributed by atoms with van der Waals surface area (Å²) in [6.45, 7) is 4.15. The highest BCUT2D eigenvalue weighted by Crippen LogP contribution is 2.26. The fraction of sp³-hybridized carbons (Fsp3) is 0.462. The first-order valence-electron chi connectivity index (χ1n) is 11.4. The highest BCUT2D eigenvalue weighted by Gasteiger charge is 2.31. The van der Waals surface area contributed by atoms with E-state index < -0.39 is 6.04 Å². The third-order valence-electron chi connectivity index (χ3n) is 5.94. The summed E-state index contributed by atoms with van der Waals surface area (Å²) in [5.41, 5.74) is 2.10. The van der Waals surface area contributed by atoms with E-state index in [4.69, 9.17) is 9.47 Å². The van der Waals surface area contributed by atoms with Gasteiger partial charge in [-0.15, -0.1) is 0 Å². The molecule has 6 nitrogen and oxygen atoms in total. The van der Waals surface area contributed by atoms with Gasteiger partial charge in [0, 0.05) is 12.6 Å². The molecule has 2 aromatic carbocycles. The van der Waals surface area contributed by atoms with Crippen LogP contribution < -0.4 is 14.8 Å². The number of nitrogens with zero attached hydrogens (tertiary/aromatic N) is 1. The average molecular weight is 439 g/mol. The molecule has 0 bridgehead atoms. The predicted molar refractivity (Wildman–Crippen MR) is 125 cm³/mol. The molecule has 1 aliphatic carbocycles. The smallest absolute Gasteiger partial charge is 0.261 e. The Morgan fingerprint density at radius 1 is 1.09 bits per heavy atom. The van der Waals surface area contributed by atoms with Gasteiger partial charge in [0.25, 0.3) is 5.91 Å². The van der Waals surface area contributed by atoms with Gasteiger partial charge in [0.2, 0.25) is 5.91 Å². The van der Waals surface area contributed by atoms with Crippen molar-refractivity contribution in [3.05, 3.63) is 59.7 Å². The Bertz CT molecular complexity index is 908. The SMILES string of the molecule is CC[C@H](C(=O)NC1CCCC1)N(Cc1cccc(C)c1)C(=O)COc1ccccc1OC. The minimum absolute atomic E-state index is 0.0855. The molecule has 0 spiro atoms. The molecular weight excluding hydrogens is 404 g/mol. The van der Waals surface area contributed by atoms with Gasteiger partial charge in [-0.2, -0.15) is 0 Å². The van der Waals surface area contributed by atoms with Crippen LogP contribution in [0.3, 0.4) is 0 Å². The first kappa shape index (κ1) is 23.6. The van der Waals surface area contributed by atoms with Crippen molar-refractivity contribution in [2.24, 2.45) is 0 Å². The van der Waals surface area contributed by atoms with E-state index in [1.807, 2.05) is 50.2 Å². The van der Waals surface area contributed by atoms with Crippen LogP contribution >= 0.6 is 0 Å². The van der Waals surface area contributed by atoms with Crippen LogP contribution in [-0.4, -0.2) is 42.5 Å². The molecule has 0 aromatic heterocycles. The summed E-state index contributed by atoms with van der Waals surface area (Å²) >= 11 is 0. The molecule has 0 unspecified atom stereocenters. The van der Waals surface area contributed by atoms with Crippen molar-refractivity contribution >= 4 is 11.8 Å². The summed E-state index contributed by atoms with van der Waals surface area (Å²) in [4.78, 5) is 28.1. The van der Waals surface area contributed by atoms with Crippen LogP contribution in [0.25, 0.3) is 0 Å². The minimum atomic E-state index is -0.551. The van der Waals surface area contributed by atoms with E-state index in [1.165, 1.54) is 0 Å². The van der Waals surface area contributed by atoms with Crippen molar-refractivity contribution in [3.63, 3.8) is 0 Å². The first-order valence-corrected chi connectivity index (χ1v) is 11.4. The number of ether oxygens (including phenoxy) is 2. The number of methoxy groups -OCH3 is 1. The number of carbonyl (C=O) groups excluding carboxylic acids is 2. The van der Waals surface area contributed by atoms with Gasteiger partial charge >= 0.3 is 0 Å². The molecule has 0 aliphatic heterocycles. The van der Waals surface area contributed by atoms with Crippen molar-refractivity contribution in [2.75, 3.05) is 13.7 Å². The summed E-state index contributed by atoms with van der Waals surface area (Å²) in [7, 11) is 1.56. The summed E-state index contributed by atoms with van der Waals surface area (Å²) in [6.07, 6.45) is 4.82. The summed E-state index contributed by atoms with van der Waals surface area (Å²) in [6, 6.07) is 14.9. The number of benzene rings is 2. The van der Waals surface area contributed by atoms with Gasteiger partial charge in [-0.1, -0.05) is 61.7 Å². The second kappa shape index (κ2) is 11.6. The average Bonchev–Trinajstić information content (AvgIpc) is 3.30. The molecule has 2 aromatic rings. The highest BCUT2D eigenvalue weighted by molar-refractivity contribution is 5.88. The monoisotopic (exact) mass is 438 g/mol. The third kappa shape index (κ3) is 6.25. The number of rotatable bonds is 10. The van der Waals surface area contributed by atoms with Gasteiger partial charge in [0.15, 0.2) is 18.1 Å². The fourth-order valence-corrected chi connectivity index (χ4v) is 4.25. The van der Waals surface area contributed by atoms with Gasteiger partial charge in [0.1, 0.15) is 6.04 Å². The molecule has 0 saturated heterocycles. The quantitative estimate of drug-likeness (QED) is 0.602. The van der Waals surface area contributed by atoms with E-state index in [0.717, 1.165) is 36.8 Å². The molecule has 1 saturated carbocycles. The number of nitrogens with one attached hydrogen (secondary N) is 1. The summed E-state index contributed by atoms with van der Waals surface area (Å²) in [5.74, 6) is 0.752. The normalized spacial score (nSPS) is 14.6. The molecule has 172 valence electrons. The molecule has 1 N–H and O–H groups in total. The number of aryl methyl sites for hydroxylation is 1. The zero-order valence-corrected chi connectivity index (χ0v) is 19.3. The highest BCUT2D eigenvalue weighted by atomic mass is 16.5. The second-order valence-electron chi connectivity index (χ2n) is 8.36. The number of hydrogen-bond acceptors (Lipinski definition) is 4. The van der Waals surface area contributed by atoms with E-state index in [2.05, 4.69) is 5.32 Å². The maximum absolute atomic E-state index is 13.3.